The fourth-order valence-corrected chi connectivity index (χ4v) is 4.03. The third-order valence-corrected chi connectivity index (χ3v) is 5.35. The van der Waals surface area contributed by atoms with E-state index in [1.54, 1.807) is 15.3 Å². The number of hydrogen-bond donors (Lipinski definition) is 2. The fraction of sp³-hybridized carbons (Fsp3) is 0.389. The lowest BCUT2D eigenvalue weighted by atomic mass is 10.1. The van der Waals surface area contributed by atoms with Gasteiger partial charge in [0, 0.05) is 6.54 Å². The van der Waals surface area contributed by atoms with Gasteiger partial charge in [-0.3, -0.25) is 13.8 Å². The molecule has 3 aromatic rings. The van der Waals surface area contributed by atoms with Crippen molar-refractivity contribution in [3.63, 3.8) is 0 Å². The summed E-state index contributed by atoms with van der Waals surface area (Å²) in [6, 6.07) is 7.44. The largest absolute Gasteiger partial charge is 0.387 e. The fourth-order valence-electron chi connectivity index (χ4n) is 3.74. The number of hydrogen-bond acceptors (Lipinski definition) is 4. The van der Waals surface area contributed by atoms with Crippen LogP contribution in [0.15, 0.2) is 41.7 Å². The minimum Gasteiger partial charge on any atom is -0.387 e. The van der Waals surface area contributed by atoms with Crippen LogP contribution in [0, 0.1) is 4.77 Å². The number of nitrogens with one attached hydrogen (secondary N) is 1. The molecular formula is C18H22N5O2S+. The average Bonchev–Trinajstić information content (AvgIpc) is 2.95. The molecule has 2 atom stereocenters. The number of aliphatic hydroxyl groups is 1. The summed E-state index contributed by atoms with van der Waals surface area (Å²) in [5, 5.41) is 15.2. The highest BCUT2D eigenvalue weighted by Crippen LogP contribution is 2.14. The topological polar surface area (TPSA) is 68.9 Å². The van der Waals surface area contributed by atoms with Crippen molar-refractivity contribution in [2.24, 2.45) is 0 Å². The van der Waals surface area contributed by atoms with E-state index in [-0.39, 0.29) is 11.7 Å². The van der Waals surface area contributed by atoms with Gasteiger partial charge in [0.1, 0.15) is 12.6 Å². The van der Waals surface area contributed by atoms with Gasteiger partial charge < -0.3 is 10.0 Å². The molecule has 1 aliphatic heterocycles. The number of fused-ring (bicyclic) bond motifs is 3. The maximum Gasteiger partial charge on any atom is 0.263 e. The number of piperidine rings is 1. The van der Waals surface area contributed by atoms with Crippen LogP contribution < -0.4 is 10.5 Å². The Bertz CT molecular complexity index is 1100. The van der Waals surface area contributed by atoms with Gasteiger partial charge >= 0.3 is 0 Å². The number of likely N-dealkylation sites (tertiary alicyclic amines) is 1. The molecule has 1 aliphatic rings. The van der Waals surface area contributed by atoms with E-state index in [0.29, 0.717) is 35.7 Å². The summed E-state index contributed by atoms with van der Waals surface area (Å²) in [4.78, 5) is 14.1. The van der Waals surface area contributed by atoms with Crippen molar-refractivity contribution in [1.29, 1.82) is 0 Å². The lowest BCUT2D eigenvalue weighted by Gasteiger charge is -2.26. The normalized spacial score (nSPS) is 20.7. The summed E-state index contributed by atoms with van der Waals surface area (Å²) < 4.78 is 5.78. The van der Waals surface area contributed by atoms with Crippen molar-refractivity contribution in [2.45, 2.75) is 32.2 Å². The highest BCUT2D eigenvalue weighted by Gasteiger charge is 2.23. The van der Waals surface area contributed by atoms with E-state index < -0.39 is 0 Å². The molecule has 0 bridgehead atoms. The van der Waals surface area contributed by atoms with Crippen LogP contribution in [0.4, 0.5) is 0 Å². The number of quaternary nitrogens is 1. The summed E-state index contributed by atoms with van der Waals surface area (Å²) in [7, 11) is 0. The highest BCUT2D eigenvalue weighted by atomic mass is 32.1. The highest BCUT2D eigenvalue weighted by molar-refractivity contribution is 7.71. The zero-order valence-electron chi connectivity index (χ0n) is 14.5. The Labute approximate surface area is 155 Å². The number of para-hydroxylation sites is 1. The number of benzene rings is 1. The molecule has 1 fully saturated rings. The molecule has 4 rings (SSSR count). The second kappa shape index (κ2) is 6.79. The van der Waals surface area contributed by atoms with E-state index in [1.165, 1.54) is 4.90 Å². The van der Waals surface area contributed by atoms with Gasteiger partial charge in [0.25, 0.3) is 5.56 Å². The molecule has 0 spiro atoms. The maximum absolute atomic E-state index is 12.9. The molecule has 0 saturated carbocycles. The van der Waals surface area contributed by atoms with Crippen LogP contribution >= 0.6 is 12.2 Å². The van der Waals surface area contributed by atoms with Gasteiger partial charge in [-0.2, -0.15) is 4.68 Å². The Balaban J connectivity index is 1.91. The molecule has 136 valence electrons. The van der Waals surface area contributed by atoms with E-state index >= 15 is 0 Å². The van der Waals surface area contributed by atoms with Crippen LogP contribution in [0.2, 0.25) is 0 Å². The van der Waals surface area contributed by atoms with Crippen LogP contribution in [-0.2, 0) is 13.2 Å². The summed E-state index contributed by atoms with van der Waals surface area (Å²) in [6.45, 7) is 6.37. The quantitative estimate of drug-likeness (QED) is 0.513. The summed E-state index contributed by atoms with van der Waals surface area (Å²) in [5.74, 6) is 0.524. The average molecular weight is 372 g/mol. The zero-order chi connectivity index (χ0) is 18.3. The number of nitrogens with zero attached hydrogens (tertiary/aromatic N) is 4. The molecule has 1 aromatic carbocycles. The monoisotopic (exact) mass is 372 g/mol. The van der Waals surface area contributed by atoms with Gasteiger partial charge in [-0.25, -0.2) is 0 Å². The van der Waals surface area contributed by atoms with E-state index in [0.717, 1.165) is 24.9 Å². The molecule has 1 unspecified atom stereocenters. The number of aromatic nitrogens is 4. The second-order valence-corrected chi connectivity index (χ2v) is 7.16. The summed E-state index contributed by atoms with van der Waals surface area (Å²) in [6.07, 6.45) is 3.25. The van der Waals surface area contributed by atoms with Crippen LogP contribution in [0.25, 0.3) is 16.7 Å². The predicted octanol–water partition coefficient (Wildman–Crippen LogP) is 0.363. The lowest BCUT2D eigenvalue weighted by Crippen LogP contribution is -3.13. The molecule has 0 aliphatic carbocycles. The summed E-state index contributed by atoms with van der Waals surface area (Å²) >= 11 is 5.69. The van der Waals surface area contributed by atoms with Crippen LogP contribution in [-0.4, -0.2) is 43.0 Å². The minimum absolute atomic E-state index is 0.0964. The molecule has 0 amide bonds. The molecule has 2 aromatic heterocycles. The third kappa shape index (κ3) is 2.80. The Hall–Kier alpha value is -2.29. The van der Waals surface area contributed by atoms with Gasteiger partial charge in [-0.05, 0) is 37.2 Å². The smallest absolute Gasteiger partial charge is 0.263 e. The first kappa shape index (κ1) is 17.1. The Kier molecular flexibility index (Phi) is 4.47. The van der Waals surface area contributed by atoms with E-state index in [9.17, 15) is 9.90 Å². The zero-order valence-corrected chi connectivity index (χ0v) is 15.3. The van der Waals surface area contributed by atoms with Gasteiger partial charge in [0.15, 0.2) is 6.67 Å². The van der Waals surface area contributed by atoms with E-state index in [1.807, 2.05) is 28.7 Å². The number of aliphatic hydroxyl groups excluding tert-OH is 1. The first-order valence-electron chi connectivity index (χ1n) is 8.84. The molecule has 8 heteroatoms. The number of rotatable bonds is 4. The van der Waals surface area contributed by atoms with Crippen molar-refractivity contribution < 1.29 is 10.0 Å². The molecule has 2 N–H and O–H groups in total. The number of allylic oxidation sites excluding steroid dienone is 1. The first-order chi connectivity index (χ1) is 12.6. The predicted molar refractivity (Wildman–Crippen MR) is 102 cm³/mol. The van der Waals surface area contributed by atoms with Crippen molar-refractivity contribution >= 4 is 28.9 Å². The van der Waals surface area contributed by atoms with Crippen LogP contribution in [0.5, 0.6) is 0 Å². The SMILES string of the molecule is C=CCn1c(=O)c2ccccc2n2c(=S)n(C[NH+]3CCC[C@@H](O)C3)nc12. The van der Waals surface area contributed by atoms with Crippen molar-refractivity contribution in [2.75, 3.05) is 13.1 Å². The lowest BCUT2D eigenvalue weighted by molar-refractivity contribution is -0.931. The molecule has 3 heterocycles. The third-order valence-electron chi connectivity index (χ3n) is 4.96. The molecule has 7 nitrogen and oxygen atoms in total. The Morgan fingerprint density at radius 3 is 3.00 bits per heavy atom. The van der Waals surface area contributed by atoms with Gasteiger partial charge in [0.2, 0.25) is 10.5 Å². The molecule has 1 saturated heterocycles. The van der Waals surface area contributed by atoms with Crippen LogP contribution in [0.3, 0.4) is 0 Å². The van der Waals surface area contributed by atoms with Crippen molar-refractivity contribution in [1.82, 2.24) is 18.7 Å². The van der Waals surface area contributed by atoms with Crippen molar-refractivity contribution in [3.8, 4) is 0 Å². The molecule has 0 radical (unpaired) electrons. The van der Waals surface area contributed by atoms with E-state index in [2.05, 4.69) is 11.7 Å². The first-order valence-corrected chi connectivity index (χ1v) is 9.24. The molecule has 26 heavy (non-hydrogen) atoms. The van der Waals surface area contributed by atoms with Gasteiger partial charge in [-0.15, -0.1) is 11.7 Å². The van der Waals surface area contributed by atoms with Gasteiger partial charge in [-0.1, -0.05) is 18.2 Å². The van der Waals surface area contributed by atoms with Crippen molar-refractivity contribution in [3.05, 3.63) is 52.0 Å². The molecular weight excluding hydrogens is 350 g/mol. The Morgan fingerprint density at radius 2 is 2.23 bits per heavy atom. The summed E-state index contributed by atoms with van der Waals surface area (Å²) in [5.41, 5.74) is 0.665. The second-order valence-electron chi connectivity index (χ2n) is 6.80. The maximum atomic E-state index is 12.9. The Morgan fingerprint density at radius 1 is 1.42 bits per heavy atom. The van der Waals surface area contributed by atoms with Crippen LogP contribution in [0.1, 0.15) is 12.8 Å². The van der Waals surface area contributed by atoms with Gasteiger partial charge in [0.05, 0.1) is 17.4 Å². The minimum atomic E-state index is -0.273. The standard InChI is InChI=1S/C18H21N5O2S/c1-2-9-21-16(25)14-7-3-4-8-15(14)23-17(21)19-22(18(23)26)12-20-10-5-6-13(24)11-20/h2-4,7-8,13,24H,1,5-6,9-12H2/p+1/t13-/m1/s1. The van der Waals surface area contributed by atoms with E-state index in [4.69, 9.17) is 12.2 Å².